The van der Waals surface area contributed by atoms with Gasteiger partial charge in [0.2, 0.25) is 0 Å². The van der Waals surface area contributed by atoms with Crippen molar-refractivity contribution in [2.75, 3.05) is 0 Å². The Morgan fingerprint density at radius 1 is 1.07 bits per heavy atom. The molecule has 5 nitrogen and oxygen atoms in total. The molecule has 0 aliphatic carbocycles. The number of hydrogen-bond acceptors (Lipinski definition) is 3. The summed E-state index contributed by atoms with van der Waals surface area (Å²) in [7, 11) is 1.83. The minimum absolute atomic E-state index is 0.198. The largest absolute Gasteiger partial charge is 0.387 e. The average molecular weight is 369 g/mol. The summed E-state index contributed by atoms with van der Waals surface area (Å²) < 4.78 is 3.24. The third kappa shape index (κ3) is 3.22. The van der Waals surface area contributed by atoms with Crippen LogP contribution in [-0.2, 0) is 7.05 Å². The van der Waals surface area contributed by atoms with Gasteiger partial charge in [0, 0.05) is 24.5 Å². The minimum Gasteiger partial charge on any atom is -0.387 e. The highest BCUT2D eigenvalue weighted by Crippen LogP contribution is 2.22. The zero-order chi connectivity index (χ0) is 19.7. The molecule has 1 atom stereocenters. The quantitative estimate of drug-likeness (QED) is 0.552. The number of fused-ring (bicyclic) bond motifs is 1. The molecule has 4 aromatic rings. The zero-order valence-corrected chi connectivity index (χ0v) is 15.6. The summed E-state index contributed by atoms with van der Waals surface area (Å²) in [4.78, 5) is 13.5. The van der Waals surface area contributed by atoms with Crippen LogP contribution in [0.1, 0.15) is 29.8 Å². The van der Waals surface area contributed by atoms with E-state index in [1.807, 2.05) is 67.8 Å². The lowest BCUT2D eigenvalue weighted by Crippen LogP contribution is -2.24. The van der Waals surface area contributed by atoms with Gasteiger partial charge in [-0.25, -0.2) is 0 Å². The molecule has 2 aromatic carbocycles. The number of nitrogens with zero attached hydrogens (tertiary/aromatic N) is 3. The maximum Gasteiger partial charge on any atom is 0.264 e. The van der Waals surface area contributed by atoms with Crippen LogP contribution in [0.15, 0.2) is 71.8 Å². The fraction of sp³-hybridized carbons (Fsp3) is 0.130. The summed E-state index contributed by atoms with van der Waals surface area (Å²) in [6.07, 6.45) is 2.72. The molecule has 1 N–H and O–H groups in total. The first-order chi connectivity index (χ1) is 13.5. The van der Waals surface area contributed by atoms with Gasteiger partial charge >= 0.3 is 0 Å². The van der Waals surface area contributed by atoms with E-state index in [2.05, 4.69) is 16.9 Å². The summed E-state index contributed by atoms with van der Waals surface area (Å²) in [6, 6.07) is 16.8. The number of aliphatic hydroxyl groups excluding tert-OH is 1. The van der Waals surface area contributed by atoms with Crippen molar-refractivity contribution in [1.29, 1.82) is 0 Å². The summed E-state index contributed by atoms with van der Waals surface area (Å²) in [5.74, 6) is 6.17. The molecular formula is C23H19N3O2. The Morgan fingerprint density at radius 2 is 1.86 bits per heavy atom. The van der Waals surface area contributed by atoms with Gasteiger partial charge in [-0.05, 0) is 36.6 Å². The van der Waals surface area contributed by atoms with Gasteiger partial charge in [0.15, 0.2) is 0 Å². The topological polar surface area (TPSA) is 60.1 Å². The average Bonchev–Trinajstić information content (AvgIpc) is 3.11. The Balaban J connectivity index is 2.00. The molecule has 5 heteroatoms. The number of pyridine rings is 1. The summed E-state index contributed by atoms with van der Waals surface area (Å²) in [5.41, 5.74) is 2.48. The van der Waals surface area contributed by atoms with E-state index in [1.54, 1.807) is 22.4 Å². The first-order valence-electron chi connectivity index (χ1n) is 8.97. The maximum atomic E-state index is 13.5. The van der Waals surface area contributed by atoms with Crippen molar-refractivity contribution in [2.45, 2.75) is 13.0 Å². The highest BCUT2D eigenvalue weighted by molar-refractivity contribution is 5.88. The Bertz CT molecular complexity index is 1270. The number of rotatable bonds is 2. The summed E-state index contributed by atoms with van der Waals surface area (Å²) >= 11 is 0. The van der Waals surface area contributed by atoms with Crippen LogP contribution in [0.25, 0.3) is 16.5 Å². The van der Waals surface area contributed by atoms with Crippen LogP contribution in [0.5, 0.6) is 0 Å². The van der Waals surface area contributed by atoms with E-state index in [0.29, 0.717) is 22.3 Å². The van der Waals surface area contributed by atoms with E-state index >= 15 is 0 Å². The number of benzene rings is 2. The van der Waals surface area contributed by atoms with Crippen LogP contribution in [-0.4, -0.2) is 19.5 Å². The SMILES string of the molecule is CC(O)c1cc2cccc(C#Cc3cnn(C)c3)c2c(=O)n1-c1ccccc1. The molecule has 4 rings (SSSR count). The number of aryl methyl sites for hydroxylation is 1. The lowest BCUT2D eigenvalue weighted by Gasteiger charge is -2.17. The van der Waals surface area contributed by atoms with Crippen LogP contribution >= 0.6 is 0 Å². The Kier molecular flexibility index (Phi) is 4.56. The van der Waals surface area contributed by atoms with Crippen LogP contribution in [0, 0.1) is 11.8 Å². The molecule has 138 valence electrons. The first-order valence-corrected chi connectivity index (χ1v) is 8.97. The third-order valence-corrected chi connectivity index (χ3v) is 4.56. The first kappa shape index (κ1) is 17.8. The standard InChI is InChI=1S/C23H19N3O2/c1-16(27)21-13-19-8-6-7-18(12-11-17-14-24-25(2)15-17)22(19)23(28)26(21)20-9-4-3-5-10-20/h3-10,13-16,27H,1-2H3. The van der Waals surface area contributed by atoms with Crippen molar-refractivity contribution in [3.8, 4) is 17.5 Å². The van der Waals surface area contributed by atoms with Crippen LogP contribution < -0.4 is 5.56 Å². The van der Waals surface area contributed by atoms with Crippen LogP contribution in [0.3, 0.4) is 0 Å². The molecule has 0 amide bonds. The van der Waals surface area contributed by atoms with Gasteiger partial charge < -0.3 is 5.11 Å². The van der Waals surface area contributed by atoms with Crippen LogP contribution in [0.4, 0.5) is 0 Å². The highest BCUT2D eigenvalue weighted by Gasteiger charge is 2.16. The molecule has 2 aromatic heterocycles. The van der Waals surface area contributed by atoms with Gasteiger partial charge in [0.1, 0.15) is 0 Å². The predicted octanol–water partition coefficient (Wildman–Crippen LogP) is 3.18. The monoisotopic (exact) mass is 369 g/mol. The van der Waals surface area contributed by atoms with E-state index in [4.69, 9.17) is 0 Å². The van der Waals surface area contributed by atoms with Crippen molar-refractivity contribution >= 4 is 10.8 Å². The second-order valence-corrected chi connectivity index (χ2v) is 6.64. The molecule has 0 bridgehead atoms. The Morgan fingerprint density at radius 3 is 2.54 bits per heavy atom. The lowest BCUT2D eigenvalue weighted by molar-refractivity contribution is 0.191. The second kappa shape index (κ2) is 7.18. The molecular weight excluding hydrogens is 350 g/mol. The van der Waals surface area contributed by atoms with Crippen molar-refractivity contribution in [2.24, 2.45) is 7.05 Å². The van der Waals surface area contributed by atoms with Gasteiger partial charge in [-0.1, -0.05) is 42.2 Å². The van der Waals surface area contributed by atoms with E-state index in [0.717, 1.165) is 10.9 Å². The highest BCUT2D eigenvalue weighted by atomic mass is 16.3. The normalized spacial score (nSPS) is 11.8. The van der Waals surface area contributed by atoms with Gasteiger partial charge in [-0.15, -0.1) is 0 Å². The van der Waals surface area contributed by atoms with Crippen molar-refractivity contribution < 1.29 is 5.11 Å². The maximum absolute atomic E-state index is 13.5. The van der Waals surface area contributed by atoms with E-state index < -0.39 is 6.10 Å². The zero-order valence-electron chi connectivity index (χ0n) is 15.6. The number of aromatic nitrogens is 3. The second-order valence-electron chi connectivity index (χ2n) is 6.64. The van der Waals surface area contributed by atoms with E-state index in [9.17, 15) is 9.90 Å². The molecule has 28 heavy (non-hydrogen) atoms. The van der Waals surface area contributed by atoms with Gasteiger partial charge in [-0.2, -0.15) is 5.10 Å². The Labute approximate surface area is 162 Å². The minimum atomic E-state index is -0.789. The fourth-order valence-electron chi connectivity index (χ4n) is 3.26. The Hall–Kier alpha value is -3.62. The van der Waals surface area contributed by atoms with Gasteiger partial charge in [-0.3, -0.25) is 14.0 Å². The molecule has 0 saturated heterocycles. The predicted molar refractivity (Wildman–Crippen MR) is 109 cm³/mol. The van der Waals surface area contributed by atoms with Crippen molar-refractivity contribution in [3.63, 3.8) is 0 Å². The molecule has 0 radical (unpaired) electrons. The van der Waals surface area contributed by atoms with Crippen molar-refractivity contribution in [1.82, 2.24) is 14.3 Å². The lowest BCUT2D eigenvalue weighted by atomic mass is 10.0. The smallest absolute Gasteiger partial charge is 0.264 e. The third-order valence-electron chi connectivity index (χ3n) is 4.56. The molecule has 0 spiro atoms. The van der Waals surface area contributed by atoms with Gasteiger partial charge in [0.05, 0.1) is 28.9 Å². The number of aliphatic hydroxyl groups is 1. The molecule has 2 heterocycles. The molecule has 0 fully saturated rings. The molecule has 0 aliphatic heterocycles. The summed E-state index contributed by atoms with van der Waals surface area (Å²) in [6.45, 7) is 1.66. The van der Waals surface area contributed by atoms with E-state index in [-0.39, 0.29) is 5.56 Å². The number of para-hydroxylation sites is 1. The van der Waals surface area contributed by atoms with Gasteiger partial charge in [0.25, 0.3) is 5.56 Å². The fourth-order valence-corrected chi connectivity index (χ4v) is 3.26. The molecule has 1 unspecified atom stereocenters. The van der Waals surface area contributed by atoms with Crippen molar-refractivity contribution in [3.05, 3.63) is 94.2 Å². The number of hydrogen-bond donors (Lipinski definition) is 1. The molecule has 0 saturated carbocycles. The molecule has 0 aliphatic rings. The summed E-state index contributed by atoms with van der Waals surface area (Å²) in [5, 5.41) is 15.7. The van der Waals surface area contributed by atoms with Crippen LogP contribution in [0.2, 0.25) is 0 Å². The van der Waals surface area contributed by atoms with E-state index in [1.165, 1.54) is 0 Å².